The molecule has 0 radical (unpaired) electrons. The lowest BCUT2D eigenvalue weighted by Crippen LogP contribution is -2.41. The number of aryl methyl sites for hydroxylation is 1. The smallest absolute Gasteiger partial charge is 0.469 e. The average molecular weight is 346 g/mol. The highest BCUT2D eigenvalue weighted by Gasteiger charge is 2.52. The molecule has 5 heteroatoms. The molecule has 0 amide bonds. The standard InChI is InChI=1S/C20H31BO4/c1-14(9-8-10-18(22)23-7)16-12-11-15(2)17(13-16)21-24-19(3,4)20(5,6)25-21/h11-14H,8-10H2,1-7H3/t14-/m1/s1. The van der Waals surface area contributed by atoms with Gasteiger partial charge in [-0.2, -0.15) is 0 Å². The summed E-state index contributed by atoms with van der Waals surface area (Å²) in [6, 6.07) is 6.49. The quantitative estimate of drug-likeness (QED) is 0.581. The minimum Gasteiger partial charge on any atom is -0.469 e. The van der Waals surface area contributed by atoms with Gasteiger partial charge in [-0.05, 0) is 64.4 Å². The maximum atomic E-state index is 11.3. The molecule has 0 unspecified atom stereocenters. The van der Waals surface area contributed by atoms with Crippen LogP contribution in [-0.2, 0) is 18.8 Å². The number of methoxy groups -OCH3 is 1. The number of rotatable bonds is 6. The van der Waals surface area contributed by atoms with E-state index in [1.807, 2.05) is 0 Å². The van der Waals surface area contributed by atoms with E-state index < -0.39 is 0 Å². The zero-order valence-corrected chi connectivity index (χ0v) is 16.6. The third-order valence-corrected chi connectivity index (χ3v) is 5.63. The SMILES string of the molecule is COC(=O)CCC[C@@H](C)c1ccc(C)c(B2OC(C)(C)C(C)(C)O2)c1. The Morgan fingerprint density at radius 1 is 1.20 bits per heavy atom. The predicted molar refractivity (Wildman–Crippen MR) is 101 cm³/mol. The predicted octanol–water partition coefficient (Wildman–Crippen LogP) is 3.74. The number of hydrogen-bond donors (Lipinski definition) is 0. The van der Waals surface area contributed by atoms with Crippen LogP contribution in [-0.4, -0.2) is 31.4 Å². The Morgan fingerprint density at radius 3 is 2.36 bits per heavy atom. The van der Waals surface area contributed by atoms with Gasteiger partial charge in [-0.3, -0.25) is 4.79 Å². The summed E-state index contributed by atoms with van der Waals surface area (Å²) in [6.07, 6.45) is 2.24. The Morgan fingerprint density at radius 2 is 1.80 bits per heavy atom. The van der Waals surface area contributed by atoms with Gasteiger partial charge in [0.2, 0.25) is 0 Å². The number of ether oxygens (including phenoxy) is 1. The van der Waals surface area contributed by atoms with E-state index in [0.29, 0.717) is 12.3 Å². The van der Waals surface area contributed by atoms with Crippen LogP contribution in [0.5, 0.6) is 0 Å². The van der Waals surface area contributed by atoms with Crippen LogP contribution in [0, 0.1) is 6.92 Å². The summed E-state index contributed by atoms with van der Waals surface area (Å²) in [5.41, 5.74) is 2.83. The van der Waals surface area contributed by atoms with Crippen molar-refractivity contribution < 1.29 is 18.8 Å². The summed E-state index contributed by atoms with van der Waals surface area (Å²) in [6.45, 7) is 12.6. The molecule has 0 spiro atoms. The molecule has 25 heavy (non-hydrogen) atoms. The van der Waals surface area contributed by atoms with Gasteiger partial charge in [-0.15, -0.1) is 0 Å². The van der Waals surface area contributed by atoms with Crippen LogP contribution >= 0.6 is 0 Å². The molecule has 0 saturated carbocycles. The Hall–Kier alpha value is -1.33. The van der Waals surface area contributed by atoms with Gasteiger partial charge in [0, 0.05) is 6.42 Å². The molecule has 0 aromatic heterocycles. The van der Waals surface area contributed by atoms with Gasteiger partial charge in [-0.1, -0.05) is 30.7 Å². The Kier molecular flexibility index (Phi) is 6.00. The van der Waals surface area contributed by atoms with Crippen molar-refractivity contribution in [3.8, 4) is 0 Å². The van der Waals surface area contributed by atoms with Crippen LogP contribution in [0.25, 0.3) is 0 Å². The van der Waals surface area contributed by atoms with E-state index >= 15 is 0 Å². The van der Waals surface area contributed by atoms with E-state index in [1.165, 1.54) is 18.2 Å². The van der Waals surface area contributed by atoms with Crippen LogP contribution in [0.4, 0.5) is 0 Å². The largest absolute Gasteiger partial charge is 0.495 e. The molecule has 1 aliphatic heterocycles. The number of esters is 1. The summed E-state index contributed by atoms with van der Waals surface area (Å²) in [4.78, 5) is 11.3. The lowest BCUT2D eigenvalue weighted by Gasteiger charge is -2.32. The molecule has 1 aromatic carbocycles. The third kappa shape index (κ3) is 4.45. The fourth-order valence-electron chi connectivity index (χ4n) is 3.01. The maximum Gasteiger partial charge on any atom is 0.495 e. The monoisotopic (exact) mass is 346 g/mol. The van der Waals surface area contributed by atoms with Crippen LogP contribution < -0.4 is 5.46 Å². The van der Waals surface area contributed by atoms with Crippen LogP contribution in [0.15, 0.2) is 18.2 Å². The van der Waals surface area contributed by atoms with Gasteiger partial charge in [0.1, 0.15) is 0 Å². The van der Waals surface area contributed by atoms with E-state index in [2.05, 4.69) is 59.7 Å². The fourth-order valence-corrected chi connectivity index (χ4v) is 3.01. The average Bonchev–Trinajstić information content (AvgIpc) is 2.75. The second-order valence-corrected chi connectivity index (χ2v) is 8.07. The van der Waals surface area contributed by atoms with Crippen molar-refractivity contribution in [2.45, 2.75) is 77.9 Å². The Labute approximate surface area is 152 Å². The lowest BCUT2D eigenvalue weighted by molar-refractivity contribution is -0.140. The molecule has 1 saturated heterocycles. The summed E-state index contributed by atoms with van der Waals surface area (Å²) in [5, 5.41) is 0. The molecule has 1 atom stereocenters. The van der Waals surface area contributed by atoms with E-state index in [-0.39, 0.29) is 24.3 Å². The topological polar surface area (TPSA) is 44.8 Å². The number of hydrogen-bond acceptors (Lipinski definition) is 4. The van der Waals surface area contributed by atoms with Crippen LogP contribution in [0.2, 0.25) is 0 Å². The second kappa shape index (κ2) is 7.51. The highest BCUT2D eigenvalue weighted by Crippen LogP contribution is 2.37. The van der Waals surface area contributed by atoms with E-state index in [0.717, 1.165) is 18.3 Å². The minimum absolute atomic E-state index is 0.144. The number of carbonyl (C=O) groups is 1. The van der Waals surface area contributed by atoms with Crippen LogP contribution in [0.3, 0.4) is 0 Å². The van der Waals surface area contributed by atoms with Crippen molar-refractivity contribution in [3.63, 3.8) is 0 Å². The fraction of sp³-hybridized carbons (Fsp3) is 0.650. The van der Waals surface area contributed by atoms with Crippen LogP contribution in [0.1, 0.15) is 70.9 Å². The van der Waals surface area contributed by atoms with Gasteiger partial charge in [0.05, 0.1) is 18.3 Å². The summed E-state index contributed by atoms with van der Waals surface area (Å²) in [5.74, 6) is 0.223. The first-order valence-corrected chi connectivity index (χ1v) is 9.10. The van der Waals surface area contributed by atoms with Crippen molar-refractivity contribution in [3.05, 3.63) is 29.3 Å². The summed E-state index contributed by atoms with van der Waals surface area (Å²) in [7, 11) is 1.09. The van der Waals surface area contributed by atoms with Crippen molar-refractivity contribution >= 4 is 18.6 Å². The first-order valence-electron chi connectivity index (χ1n) is 9.10. The van der Waals surface area contributed by atoms with E-state index in [9.17, 15) is 4.79 Å². The van der Waals surface area contributed by atoms with E-state index in [4.69, 9.17) is 14.0 Å². The Balaban J connectivity index is 2.11. The molecule has 1 fully saturated rings. The highest BCUT2D eigenvalue weighted by atomic mass is 16.7. The maximum absolute atomic E-state index is 11.3. The molecule has 0 N–H and O–H groups in total. The summed E-state index contributed by atoms with van der Waals surface area (Å²) >= 11 is 0. The molecule has 1 aromatic rings. The van der Waals surface area contributed by atoms with Crippen molar-refractivity contribution in [2.75, 3.05) is 7.11 Å². The zero-order chi connectivity index (χ0) is 18.8. The molecule has 4 nitrogen and oxygen atoms in total. The molecule has 1 aliphatic rings. The van der Waals surface area contributed by atoms with Gasteiger partial charge in [0.25, 0.3) is 0 Å². The third-order valence-electron chi connectivity index (χ3n) is 5.63. The first-order chi connectivity index (χ1) is 11.6. The molecule has 1 heterocycles. The normalized spacial score (nSPS) is 19.7. The van der Waals surface area contributed by atoms with Crippen molar-refractivity contribution in [1.29, 1.82) is 0 Å². The van der Waals surface area contributed by atoms with Crippen molar-refractivity contribution in [2.24, 2.45) is 0 Å². The number of carbonyl (C=O) groups excluding carboxylic acids is 1. The molecular weight excluding hydrogens is 315 g/mol. The highest BCUT2D eigenvalue weighted by molar-refractivity contribution is 6.62. The summed E-state index contributed by atoms with van der Waals surface area (Å²) < 4.78 is 17.1. The van der Waals surface area contributed by atoms with E-state index in [1.54, 1.807) is 0 Å². The molecule has 138 valence electrons. The second-order valence-electron chi connectivity index (χ2n) is 8.07. The Bertz CT molecular complexity index is 608. The lowest BCUT2D eigenvalue weighted by atomic mass is 9.74. The first kappa shape index (κ1) is 20.0. The zero-order valence-electron chi connectivity index (χ0n) is 16.6. The van der Waals surface area contributed by atoms with Gasteiger partial charge >= 0.3 is 13.1 Å². The van der Waals surface area contributed by atoms with Gasteiger partial charge in [-0.25, -0.2) is 0 Å². The van der Waals surface area contributed by atoms with Gasteiger partial charge < -0.3 is 14.0 Å². The number of benzene rings is 1. The molecule has 0 aliphatic carbocycles. The minimum atomic E-state index is -0.341. The molecule has 2 rings (SSSR count). The molecular formula is C20H31BO4. The van der Waals surface area contributed by atoms with Crippen molar-refractivity contribution in [1.82, 2.24) is 0 Å². The van der Waals surface area contributed by atoms with Gasteiger partial charge in [0.15, 0.2) is 0 Å². The molecule has 0 bridgehead atoms.